The second kappa shape index (κ2) is 4.31. The van der Waals surface area contributed by atoms with E-state index in [0.29, 0.717) is 23.0 Å². The maximum Gasteiger partial charge on any atom is 0.416 e. The molecule has 0 fully saturated rings. The molecular formula is C9H9BrF3N. The summed E-state index contributed by atoms with van der Waals surface area (Å²) >= 11 is 3.03. The quantitative estimate of drug-likeness (QED) is 0.876. The minimum absolute atomic E-state index is 0.341. The topological polar surface area (TPSA) is 26.0 Å². The summed E-state index contributed by atoms with van der Waals surface area (Å²) in [4.78, 5) is 0. The van der Waals surface area contributed by atoms with Crippen LogP contribution >= 0.6 is 15.9 Å². The molecule has 0 saturated carbocycles. The Morgan fingerprint density at radius 3 is 2.36 bits per heavy atom. The van der Waals surface area contributed by atoms with Crippen molar-refractivity contribution in [3.63, 3.8) is 0 Å². The van der Waals surface area contributed by atoms with E-state index in [4.69, 9.17) is 5.73 Å². The molecule has 0 radical (unpaired) electrons. The van der Waals surface area contributed by atoms with Crippen LogP contribution in [0.15, 0.2) is 22.7 Å². The van der Waals surface area contributed by atoms with E-state index >= 15 is 0 Å². The lowest BCUT2D eigenvalue weighted by molar-refractivity contribution is -0.137. The second-order valence-electron chi connectivity index (χ2n) is 2.88. The lowest BCUT2D eigenvalue weighted by Crippen LogP contribution is -2.08. The van der Waals surface area contributed by atoms with Crippen LogP contribution in [0.5, 0.6) is 0 Å². The predicted octanol–water partition coefficient (Wildman–Crippen LogP) is 2.97. The number of alkyl halides is 3. The number of halogens is 4. The molecular weight excluding hydrogens is 259 g/mol. The molecule has 1 aromatic carbocycles. The number of hydrogen-bond acceptors (Lipinski definition) is 1. The zero-order chi connectivity index (χ0) is 10.8. The van der Waals surface area contributed by atoms with Crippen molar-refractivity contribution >= 4 is 15.9 Å². The Morgan fingerprint density at radius 2 is 1.86 bits per heavy atom. The van der Waals surface area contributed by atoms with Gasteiger partial charge < -0.3 is 5.73 Å². The van der Waals surface area contributed by atoms with Crippen LogP contribution in [-0.4, -0.2) is 6.54 Å². The smallest absolute Gasteiger partial charge is 0.330 e. The van der Waals surface area contributed by atoms with E-state index in [9.17, 15) is 13.2 Å². The lowest BCUT2D eigenvalue weighted by Gasteiger charge is -2.09. The number of rotatable bonds is 2. The average Bonchev–Trinajstić information content (AvgIpc) is 2.02. The lowest BCUT2D eigenvalue weighted by atomic mass is 10.1. The van der Waals surface area contributed by atoms with Gasteiger partial charge in [-0.3, -0.25) is 0 Å². The SMILES string of the molecule is NCCc1cc(Br)cc(C(F)(F)F)c1. The Morgan fingerprint density at radius 1 is 1.21 bits per heavy atom. The van der Waals surface area contributed by atoms with E-state index in [1.807, 2.05) is 0 Å². The van der Waals surface area contributed by atoms with Gasteiger partial charge in [0.2, 0.25) is 0 Å². The third-order valence-electron chi connectivity index (χ3n) is 1.72. The van der Waals surface area contributed by atoms with E-state index in [-0.39, 0.29) is 0 Å². The molecule has 0 bridgehead atoms. The summed E-state index contributed by atoms with van der Waals surface area (Å²) in [6, 6.07) is 3.82. The molecule has 1 aromatic rings. The van der Waals surface area contributed by atoms with Gasteiger partial charge in [-0.25, -0.2) is 0 Å². The largest absolute Gasteiger partial charge is 0.416 e. The average molecular weight is 268 g/mol. The summed E-state index contributed by atoms with van der Waals surface area (Å²) < 4.78 is 37.4. The first-order valence-corrected chi connectivity index (χ1v) is 4.79. The van der Waals surface area contributed by atoms with Gasteiger partial charge in [0.1, 0.15) is 0 Å². The summed E-state index contributed by atoms with van der Waals surface area (Å²) in [5.74, 6) is 0. The standard InChI is InChI=1S/C9H9BrF3N/c10-8-4-6(1-2-14)3-7(5-8)9(11,12)13/h3-5H,1-2,14H2. The monoisotopic (exact) mass is 267 g/mol. The van der Waals surface area contributed by atoms with Gasteiger partial charge in [-0.2, -0.15) is 13.2 Å². The molecule has 14 heavy (non-hydrogen) atoms. The molecule has 0 spiro atoms. The number of hydrogen-bond donors (Lipinski definition) is 1. The van der Waals surface area contributed by atoms with E-state index < -0.39 is 11.7 Å². The molecule has 1 rings (SSSR count). The maximum absolute atomic E-state index is 12.3. The summed E-state index contributed by atoms with van der Waals surface area (Å²) in [6.45, 7) is 0.341. The third kappa shape index (κ3) is 2.99. The molecule has 0 saturated heterocycles. The molecule has 2 N–H and O–H groups in total. The van der Waals surface area contributed by atoms with Crippen molar-refractivity contribution in [1.82, 2.24) is 0 Å². The molecule has 0 aliphatic heterocycles. The normalized spacial score (nSPS) is 11.8. The van der Waals surface area contributed by atoms with Gasteiger partial charge in [-0.1, -0.05) is 15.9 Å². The summed E-state index contributed by atoms with van der Waals surface area (Å²) in [7, 11) is 0. The van der Waals surface area contributed by atoms with Crippen molar-refractivity contribution in [3.8, 4) is 0 Å². The summed E-state index contributed by atoms with van der Waals surface area (Å²) in [6.07, 6.45) is -3.85. The Labute approximate surface area is 88.2 Å². The van der Waals surface area contributed by atoms with Crippen LogP contribution in [0.1, 0.15) is 11.1 Å². The highest BCUT2D eigenvalue weighted by Gasteiger charge is 2.30. The molecule has 0 unspecified atom stereocenters. The number of nitrogens with two attached hydrogens (primary N) is 1. The van der Waals surface area contributed by atoms with Crippen LogP contribution in [-0.2, 0) is 12.6 Å². The zero-order valence-corrected chi connectivity index (χ0v) is 8.82. The summed E-state index contributed by atoms with van der Waals surface area (Å²) in [5, 5.41) is 0. The fourth-order valence-corrected chi connectivity index (χ4v) is 1.67. The second-order valence-corrected chi connectivity index (χ2v) is 3.80. The van der Waals surface area contributed by atoms with Crippen LogP contribution in [0.2, 0.25) is 0 Å². The molecule has 0 atom stereocenters. The van der Waals surface area contributed by atoms with Gasteiger partial charge in [0.05, 0.1) is 5.56 Å². The Hall–Kier alpha value is -0.550. The summed E-state index contributed by atoms with van der Waals surface area (Å²) in [5.41, 5.74) is 5.22. The molecule has 0 heterocycles. The fourth-order valence-electron chi connectivity index (χ4n) is 1.13. The Balaban J connectivity index is 3.07. The molecule has 0 amide bonds. The van der Waals surface area contributed by atoms with Crippen molar-refractivity contribution in [2.24, 2.45) is 5.73 Å². The van der Waals surface area contributed by atoms with Crippen molar-refractivity contribution in [2.75, 3.05) is 6.54 Å². The first-order valence-electron chi connectivity index (χ1n) is 4.00. The Kier molecular flexibility index (Phi) is 3.55. The molecule has 0 aliphatic rings. The Bertz CT molecular complexity index is 322. The minimum atomic E-state index is -4.30. The molecule has 0 aromatic heterocycles. The fraction of sp³-hybridized carbons (Fsp3) is 0.333. The van der Waals surface area contributed by atoms with Crippen LogP contribution < -0.4 is 5.73 Å². The van der Waals surface area contributed by atoms with E-state index in [1.165, 1.54) is 0 Å². The third-order valence-corrected chi connectivity index (χ3v) is 2.18. The highest BCUT2D eigenvalue weighted by Crippen LogP contribution is 2.31. The van der Waals surface area contributed by atoms with Gasteiger partial charge in [0.15, 0.2) is 0 Å². The zero-order valence-electron chi connectivity index (χ0n) is 7.24. The van der Waals surface area contributed by atoms with Crippen molar-refractivity contribution in [2.45, 2.75) is 12.6 Å². The molecule has 5 heteroatoms. The van der Waals surface area contributed by atoms with Gasteiger partial charge in [0, 0.05) is 4.47 Å². The maximum atomic E-state index is 12.3. The predicted molar refractivity (Wildman–Crippen MR) is 51.9 cm³/mol. The van der Waals surface area contributed by atoms with Crippen LogP contribution in [0, 0.1) is 0 Å². The highest BCUT2D eigenvalue weighted by molar-refractivity contribution is 9.10. The van der Waals surface area contributed by atoms with Crippen molar-refractivity contribution in [3.05, 3.63) is 33.8 Å². The molecule has 78 valence electrons. The first kappa shape index (κ1) is 11.5. The highest BCUT2D eigenvalue weighted by atomic mass is 79.9. The minimum Gasteiger partial charge on any atom is -0.330 e. The number of benzene rings is 1. The van der Waals surface area contributed by atoms with E-state index in [2.05, 4.69) is 15.9 Å². The van der Waals surface area contributed by atoms with Crippen LogP contribution in [0.4, 0.5) is 13.2 Å². The molecule has 1 nitrogen and oxygen atoms in total. The van der Waals surface area contributed by atoms with Gasteiger partial charge in [0.25, 0.3) is 0 Å². The van der Waals surface area contributed by atoms with Crippen molar-refractivity contribution < 1.29 is 13.2 Å². The van der Waals surface area contributed by atoms with Crippen LogP contribution in [0.3, 0.4) is 0 Å². The van der Waals surface area contributed by atoms with Gasteiger partial charge >= 0.3 is 6.18 Å². The van der Waals surface area contributed by atoms with Crippen LogP contribution in [0.25, 0.3) is 0 Å². The van der Waals surface area contributed by atoms with E-state index in [1.54, 1.807) is 6.07 Å². The van der Waals surface area contributed by atoms with Gasteiger partial charge in [-0.05, 0) is 36.7 Å². The van der Waals surface area contributed by atoms with Gasteiger partial charge in [-0.15, -0.1) is 0 Å². The molecule has 0 aliphatic carbocycles. The van der Waals surface area contributed by atoms with Crippen molar-refractivity contribution in [1.29, 1.82) is 0 Å². The van der Waals surface area contributed by atoms with E-state index in [0.717, 1.165) is 12.1 Å². The first-order chi connectivity index (χ1) is 6.43.